The van der Waals surface area contributed by atoms with Crippen LogP contribution in [0.25, 0.3) is 0 Å². The van der Waals surface area contributed by atoms with Crippen LogP contribution >= 0.6 is 0 Å². The normalized spacial score (nSPS) is 27.4. The Morgan fingerprint density at radius 3 is 2.74 bits per heavy atom. The summed E-state index contributed by atoms with van der Waals surface area (Å²) in [5.74, 6) is -1.48. The predicted octanol–water partition coefficient (Wildman–Crippen LogP) is 2.53. The fourth-order valence-electron chi connectivity index (χ4n) is 2.33. The van der Waals surface area contributed by atoms with Gasteiger partial charge in [0.15, 0.2) is 0 Å². The molecule has 19 heavy (non-hydrogen) atoms. The predicted molar refractivity (Wildman–Crippen MR) is 73.9 cm³/mol. The topological polar surface area (TPSA) is 66.8 Å². The Morgan fingerprint density at radius 2 is 2.16 bits per heavy atom. The highest BCUT2D eigenvalue weighted by atomic mass is 16.5. The van der Waals surface area contributed by atoms with Gasteiger partial charge in [0, 0.05) is 6.61 Å². The minimum absolute atomic E-state index is 0.288. The Bertz CT molecular complexity index is 346. The summed E-state index contributed by atoms with van der Waals surface area (Å²) in [4.78, 5) is 11.3. The van der Waals surface area contributed by atoms with E-state index in [4.69, 9.17) is 4.74 Å². The fraction of sp³-hybridized carbons (Fsp3) is 0.667. The van der Waals surface area contributed by atoms with Crippen LogP contribution in [-0.2, 0) is 9.53 Å². The highest BCUT2D eigenvalue weighted by Gasteiger charge is 2.40. The molecule has 0 saturated carbocycles. The summed E-state index contributed by atoms with van der Waals surface area (Å²) < 4.78 is 5.87. The molecule has 1 aliphatic carbocycles. The second-order valence-corrected chi connectivity index (χ2v) is 5.06. The quantitative estimate of drug-likeness (QED) is 0.664. The van der Waals surface area contributed by atoms with Gasteiger partial charge in [-0.3, -0.25) is 4.79 Å². The van der Waals surface area contributed by atoms with Crippen LogP contribution in [-0.4, -0.2) is 34.5 Å². The van der Waals surface area contributed by atoms with Crippen molar-refractivity contribution in [3.63, 3.8) is 0 Å². The molecule has 2 N–H and O–H groups in total. The van der Waals surface area contributed by atoms with Crippen molar-refractivity contribution >= 4 is 5.97 Å². The Hall–Kier alpha value is -1.13. The molecule has 0 fully saturated rings. The van der Waals surface area contributed by atoms with Gasteiger partial charge in [-0.1, -0.05) is 31.2 Å². The zero-order valence-electron chi connectivity index (χ0n) is 11.7. The Labute approximate surface area is 114 Å². The van der Waals surface area contributed by atoms with Crippen molar-refractivity contribution in [3.8, 4) is 0 Å². The number of carboxylic acids is 1. The molecule has 0 aromatic rings. The van der Waals surface area contributed by atoms with E-state index in [1.165, 1.54) is 0 Å². The highest BCUT2D eigenvalue weighted by molar-refractivity contribution is 5.75. The first-order valence-electron chi connectivity index (χ1n) is 6.92. The van der Waals surface area contributed by atoms with E-state index in [0.29, 0.717) is 13.0 Å². The van der Waals surface area contributed by atoms with Gasteiger partial charge in [0.1, 0.15) is 11.5 Å². The summed E-state index contributed by atoms with van der Waals surface area (Å²) in [5.41, 5.74) is -0.731. The summed E-state index contributed by atoms with van der Waals surface area (Å²) in [5, 5.41) is 18.5. The number of unbranched alkanes of at least 4 members (excludes halogenated alkanes) is 1. The molecule has 0 heterocycles. The molecule has 0 aromatic heterocycles. The van der Waals surface area contributed by atoms with Crippen LogP contribution in [0.3, 0.4) is 0 Å². The number of aliphatic hydroxyl groups is 1. The van der Waals surface area contributed by atoms with Crippen LogP contribution in [0.2, 0.25) is 0 Å². The highest BCUT2D eigenvalue weighted by Crippen LogP contribution is 2.32. The molecular weight excluding hydrogens is 244 g/mol. The summed E-state index contributed by atoms with van der Waals surface area (Å²) in [7, 11) is 0. The molecule has 0 amide bonds. The number of aliphatic hydroxyl groups excluding tert-OH is 1. The van der Waals surface area contributed by atoms with E-state index < -0.39 is 17.5 Å². The van der Waals surface area contributed by atoms with Gasteiger partial charge < -0.3 is 14.9 Å². The van der Waals surface area contributed by atoms with Crippen molar-refractivity contribution in [2.45, 2.75) is 51.2 Å². The van der Waals surface area contributed by atoms with E-state index in [1.54, 1.807) is 19.1 Å². The van der Waals surface area contributed by atoms with Gasteiger partial charge in [-0.25, -0.2) is 0 Å². The van der Waals surface area contributed by atoms with Crippen LogP contribution in [0.1, 0.15) is 39.5 Å². The number of ether oxygens (including phenoxy) is 1. The Kier molecular flexibility index (Phi) is 6.25. The second kappa shape index (κ2) is 7.46. The van der Waals surface area contributed by atoms with Crippen molar-refractivity contribution < 1.29 is 19.7 Å². The lowest BCUT2D eigenvalue weighted by molar-refractivity contribution is -0.150. The number of carboxylic acid groups (broad SMARTS) is 1. The molecule has 0 aromatic carbocycles. The zero-order valence-corrected chi connectivity index (χ0v) is 11.7. The summed E-state index contributed by atoms with van der Waals surface area (Å²) in [6.07, 6.45) is 9.93. The molecule has 3 atom stereocenters. The lowest BCUT2D eigenvalue weighted by Gasteiger charge is -2.35. The molecule has 108 valence electrons. The van der Waals surface area contributed by atoms with E-state index in [-0.39, 0.29) is 6.10 Å². The number of hydrogen-bond donors (Lipinski definition) is 2. The largest absolute Gasteiger partial charge is 0.481 e. The Balaban J connectivity index is 2.52. The van der Waals surface area contributed by atoms with Crippen molar-refractivity contribution in [2.24, 2.45) is 5.92 Å². The maximum absolute atomic E-state index is 11.3. The minimum Gasteiger partial charge on any atom is -0.481 e. The number of hydrogen-bond acceptors (Lipinski definition) is 3. The second-order valence-electron chi connectivity index (χ2n) is 5.06. The smallest absolute Gasteiger partial charge is 0.313 e. The molecule has 4 heteroatoms. The van der Waals surface area contributed by atoms with Crippen LogP contribution in [0.4, 0.5) is 0 Å². The van der Waals surface area contributed by atoms with E-state index in [2.05, 4.69) is 0 Å². The molecule has 1 aliphatic rings. The van der Waals surface area contributed by atoms with Gasteiger partial charge >= 0.3 is 5.97 Å². The van der Waals surface area contributed by atoms with Crippen molar-refractivity contribution in [3.05, 3.63) is 24.3 Å². The van der Waals surface area contributed by atoms with Crippen LogP contribution < -0.4 is 0 Å². The average Bonchev–Trinajstić information content (AvgIpc) is 2.38. The fourth-order valence-corrected chi connectivity index (χ4v) is 2.33. The molecule has 3 unspecified atom stereocenters. The Morgan fingerprint density at radius 1 is 1.42 bits per heavy atom. The molecule has 0 bridgehead atoms. The lowest BCUT2D eigenvalue weighted by Crippen LogP contribution is -2.43. The van der Waals surface area contributed by atoms with Gasteiger partial charge in [-0.15, -0.1) is 0 Å². The van der Waals surface area contributed by atoms with Crippen molar-refractivity contribution in [1.29, 1.82) is 0 Å². The average molecular weight is 268 g/mol. The van der Waals surface area contributed by atoms with Gasteiger partial charge in [-0.2, -0.15) is 0 Å². The van der Waals surface area contributed by atoms with Gasteiger partial charge in [0.05, 0.1) is 6.10 Å². The number of carbonyl (C=O) groups is 1. The molecule has 4 nitrogen and oxygen atoms in total. The zero-order chi connectivity index (χ0) is 14.3. The standard InChI is InChI=1S/C15H24O4/c1-3-15(19-11-7-5-8-12(2)16)10-6-4-9-13(15)14(17)18/h4,6,9-10,12-13,16H,3,5,7-8,11H2,1-2H3,(H,17,18). The van der Waals surface area contributed by atoms with E-state index in [9.17, 15) is 15.0 Å². The number of aliphatic carboxylic acids is 1. The summed E-state index contributed by atoms with van der Waals surface area (Å²) in [6, 6.07) is 0. The summed E-state index contributed by atoms with van der Waals surface area (Å²) >= 11 is 0. The SMILES string of the molecule is CCC1(OCCCCC(C)O)C=CC=CC1C(=O)O. The van der Waals surface area contributed by atoms with E-state index >= 15 is 0 Å². The van der Waals surface area contributed by atoms with Gasteiger partial charge in [0.2, 0.25) is 0 Å². The minimum atomic E-state index is -0.855. The maximum atomic E-state index is 11.3. The van der Waals surface area contributed by atoms with E-state index in [1.807, 2.05) is 19.1 Å². The molecule has 0 radical (unpaired) electrons. The lowest BCUT2D eigenvalue weighted by atomic mass is 9.81. The van der Waals surface area contributed by atoms with Gasteiger partial charge in [0.25, 0.3) is 0 Å². The monoisotopic (exact) mass is 268 g/mol. The first-order chi connectivity index (χ1) is 9.02. The third kappa shape index (κ3) is 4.48. The van der Waals surface area contributed by atoms with Crippen LogP contribution in [0, 0.1) is 5.92 Å². The van der Waals surface area contributed by atoms with Crippen molar-refractivity contribution in [2.75, 3.05) is 6.61 Å². The third-order valence-corrected chi connectivity index (χ3v) is 3.53. The van der Waals surface area contributed by atoms with Gasteiger partial charge in [-0.05, 0) is 32.6 Å². The van der Waals surface area contributed by atoms with Crippen molar-refractivity contribution in [1.82, 2.24) is 0 Å². The molecule has 1 rings (SSSR count). The number of allylic oxidation sites excluding steroid dienone is 2. The van der Waals surface area contributed by atoms with Crippen LogP contribution in [0.5, 0.6) is 0 Å². The van der Waals surface area contributed by atoms with Crippen LogP contribution in [0.15, 0.2) is 24.3 Å². The van der Waals surface area contributed by atoms with E-state index in [0.717, 1.165) is 19.3 Å². The number of rotatable bonds is 8. The third-order valence-electron chi connectivity index (χ3n) is 3.53. The molecule has 0 aliphatic heterocycles. The molecule has 0 spiro atoms. The first kappa shape index (κ1) is 15.9. The summed E-state index contributed by atoms with van der Waals surface area (Å²) in [6.45, 7) is 4.22. The maximum Gasteiger partial charge on any atom is 0.313 e. The molecule has 0 saturated heterocycles. The molecular formula is C15H24O4. The first-order valence-corrected chi connectivity index (χ1v) is 6.92.